The summed E-state index contributed by atoms with van der Waals surface area (Å²) in [5, 5.41) is 2.97. The van der Waals surface area contributed by atoms with Crippen LogP contribution in [0, 0.1) is 5.92 Å². The van der Waals surface area contributed by atoms with E-state index in [1.165, 1.54) is 0 Å². The van der Waals surface area contributed by atoms with Gasteiger partial charge in [-0.15, -0.1) is 0 Å². The first-order valence-electron chi connectivity index (χ1n) is 4.69. The van der Waals surface area contributed by atoms with E-state index in [0.29, 0.717) is 4.83 Å². The third kappa shape index (κ3) is 4.36. The van der Waals surface area contributed by atoms with E-state index in [4.69, 9.17) is 0 Å². The second-order valence-electron chi connectivity index (χ2n) is 3.42. The second-order valence-corrected chi connectivity index (χ2v) is 6.13. The van der Waals surface area contributed by atoms with Crippen molar-refractivity contribution in [2.45, 2.75) is 24.6 Å². The normalized spacial score (nSPS) is 24.3. The number of alkyl halides is 1. The molecule has 1 amide bonds. The minimum Gasteiger partial charge on any atom is -0.356 e. The van der Waals surface area contributed by atoms with Gasteiger partial charge in [0.05, 0.1) is 0 Å². The first kappa shape index (κ1) is 11.4. The summed E-state index contributed by atoms with van der Waals surface area (Å²) >= 11 is 5.33. The maximum absolute atomic E-state index is 11.5. The molecule has 0 aromatic rings. The van der Waals surface area contributed by atoms with Crippen molar-refractivity contribution < 1.29 is 4.79 Å². The Bertz CT molecular complexity index is 169. The number of hydrogen-bond donors (Lipinski definition) is 1. The van der Waals surface area contributed by atoms with Crippen LogP contribution in [0.1, 0.15) is 19.8 Å². The van der Waals surface area contributed by atoms with Gasteiger partial charge in [0.15, 0.2) is 0 Å². The summed E-state index contributed by atoms with van der Waals surface area (Å²) in [6.45, 7) is 2.89. The van der Waals surface area contributed by atoms with Gasteiger partial charge in [0.25, 0.3) is 0 Å². The molecular weight excluding hydrogens is 250 g/mol. The molecule has 0 aromatic carbocycles. The molecule has 1 N–H and O–H groups in total. The molecule has 2 atom stereocenters. The van der Waals surface area contributed by atoms with Gasteiger partial charge in [-0.2, -0.15) is 11.8 Å². The molecule has 0 radical (unpaired) electrons. The summed E-state index contributed by atoms with van der Waals surface area (Å²) in [6.07, 6.45) is 2.06. The van der Waals surface area contributed by atoms with E-state index in [9.17, 15) is 4.79 Å². The number of thioether (sulfide) groups is 1. The van der Waals surface area contributed by atoms with Crippen molar-refractivity contribution in [2.75, 3.05) is 18.1 Å². The van der Waals surface area contributed by atoms with E-state index in [1.54, 1.807) is 0 Å². The third-order valence-electron chi connectivity index (χ3n) is 2.14. The fourth-order valence-corrected chi connectivity index (χ4v) is 2.73. The summed E-state index contributed by atoms with van der Waals surface area (Å²) in [6, 6.07) is 0. The van der Waals surface area contributed by atoms with E-state index in [-0.39, 0.29) is 11.8 Å². The summed E-state index contributed by atoms with van der Waals surface area (Å²) in [7, 11) is 0. The molecule has 76 valence electrons. The summed E-state index contributed by atoms with van der Waals surface area (Å²) in [5.41, 5.74) is 0. The van der Waals surface area contributed by atoms with Crippen LogP contribution in [-0.4, -0.2) is 28.8 Å². The first-order chi connectivity index (χ1) is 6.20. The molecule has 13 heavy (non-hydrogen) atoms. The Kier molecular flexibility index (Phi) is 5.17. The number of rotatable bonds is 4. The van der Waals surface area contributed by atoms with Crippen LogP contribution in [0.25, 0.3) is 0 Å². The highest BCUT2D eigenvalue weighted by molar-refractivity contribution is 9.09. The molecule has 0 aliphatic carbocycles. The number of hydrogen-bond acceptors (Lipinski definition) is 2. The molecule has 1 saturated heterocycles. The molecule has 1 rings (SSSR count). The van der Waals surface area contributed by atoms with Crippen molar-refractivity contribution in [2.24, 2.45) is 5.92 Å². The van der Waals surface area contributed by atoms with Gasteiger partial charge in [0.1, 0.15) is 0 Å². The van der Waals surface area contributed by atoms with Crippen LogP contribution in [-0.2, 0) is 4.79 Å². The van der Waals surface area contributed by atoms with Gasteiger partial charge < -0.3 is 5.32 Å². The van der Waals surface area contributed by atoms with Crippen molar-refractivity contribution in [3.05, 3.63) is 0 Å². The van der Waals surface area contributed by atoms with Crippen LogP contribution >= 0.6 is 27.7 Å². The van der Waals surface area contributed by atoms with E-state index in [0.717, 1.165) is 30.9 Å². The molecule has 1 aliphatic heterocycles. The van der Waals surface area contributed by atoms with E-state index in [1.807, 2.05) is 11.8 Å². The van der Waals surface area contributed by atoms with Gasteiger partial charge in [0, 0.05) is 23.0 Å². The molecule has 1 aliphatic rings. The maximum Gasteiger partial charge on any atom is 0.223 e. The standard InChI is InChI=1S/C9H16BrNOS/c1-7(10)2-4-11-9(12)8-3-5-13-6-8/h7-8H,2-6H2,1H3,(H,11,12). The minimum absolute atomic E-state index is 0.248. The van der Waals surface area contributed by atoms with E-state index < -0.39 is 0 Å². The smallest absolute Gasteiger partial charge is 0.223 e. The fourth-order valence-electron chi connectivity index (χ4n) is 1.28. The fraction of sp³-hybridized carbons (Fsp3) is 0.889. The predicted octanol–water partition coefficient (Wildman–Crippen LogP) is 2.03. The quantitative estimate of drug-likeness (QED) is 0.789. The summed E-state index contributed by atoms with van der Waals surface area (Å²) in [4.78, 5) is 12.0. The zero-order valence-electron chi connectivity index (χ0n) is 7.88. The molecule has 0 saturated carbocycles. The number of halogens is 1. The van der Waals surface area contributed by atoms with Gasteiger partial charge in [-0.1, -0.05) is 22.9 Å². The molecule has 0 aromatic heterocycles. The highest BCUT2D eigenvalue weighted by atomic mass is 79.9. The predicted molar refractivity (Wildman–Crippen MR) is 61.4 cm³/mol. The zero-order valence-corrected chi connectivity index (χ0v) is 10.3. The van der Waals surface area contributed by atoms with E-state index >= 15 is 0 Å². The van der Waals surface area contributed by atoms with Crippen LogP contribution in [0.15, 0.2) is 0 Å². The lowest BCUT2D eigenvalue weighted by Gasteiger charge is -2.10. The Hall–Kier alpha value is 0.300. The van der Waals surface area contributed by atoms with Crippen LogP contribution in [0.4, 0.5) is 0 Å². The molecule has 1 fully saturated rings. The SMILES string of the molecule is CC(Br)CCNC(=O)C1CCSC1. The van der Waals surface area contributed by atoms with Crippen molar-refractivity contribution in [3.8, 4) is 0 Å². The lowest BCUT2D eigenvalue weighted by Crippen LogP contribution is -2.32. The zero-order chi connectivity index (χ0) is 9.68. The average molecular weight is 266 g/mol. The molecule has 1 heterocycles. The average Bonchev–Trinajstić information content (AvgIpc) is 2.55. The number of carbonyl (C=O) groups excluding carboxylic acids is 1. The Labute approximate surface area is 92.4 Å². The van der Waals surface area contributed by atoms with Crippen LogP contribution < -0.4 is 5.32 Å². The lowest BCUT2D eigenvalue weighted by molar-refractivity contribution is -0.124. The van der Waals surface area contributed by atoms with Crippen LogP contribution in [0.3, 0.4) is 0 Å². The van der Waals surface area contributed by atoms with Crippen LogP contribution in [0.5, 0.6) is 0 Å². The Morgan fingerprint density at radius 1 is 1.77 bits per heavy atom. The van der Waals surface area contributed by atoms with Gasteiger partial charge >= 0.3 is 0 Å². The Morgan fingerprint density at radius 3 is 3.08 bits per heavy atom. The molecule has 2 unspecified atom stereocenters. The van der Waals surface area contributed by atoms with Crippen molar-refractivity contribution in [1.82, 2.24) is 5.32 Å². The first-order valence-corrected chi connectivity index (χ1v) is 6.76. The molecule has 0 spiro atoms. The Morgan fingerprint density at radius 2 is 2.54 bits per heavy atom. The molecule has 4 heteroatoms. The highest BCUT2D eigenvalue weighted by Gasteiger charge is 2.22. The number of carbonyl (C=O) groups is 1. The topological polar surface area (TPSA) is 29.1 Å². The molecule has 0 bridgehead atoms. The largest absolute Gasteiger partial charge is 0.356 e. The molecular formula is C9H16BrNOS. The minimum atomic E-state index is 0.248. The van der Waals surface area contributed by atoms with Gasteiger partial charge in [0.2, 0.25) is 5.91 Å². The van der Waals surface area contributed by atoms with Gasteiger partial charge in [-0.05, 0) is 18.6 Å². The van der Waals surface area contributed by atoms with Crippen molar-refractivity contribution in [1.29, 1.82) is 0 Å². The van der Waals surface area contributed by atoms with Crippen molar-refractivity contribution >= 4 is 33.6 Å². The second kappa shape index (κ2) is 5.91. The third-order valence-corrected chi connectivity index (χ3v) is 3.76. The van der Waals surface area contributed by atoms with Gasteiger partial charge in [-0.25, -0.2) is 0 Å². The number of nitrogens with one attached hydrogen (secondary N) is 1. The molecule has 2 nitrogen and oxygen atoms in total. The van der Waals surface area contributed by atoms with Gasteiger partial charge in [-0.3, -0.25) is 4.79 Å². The monoisotopic (exact) mass is 265 g/mol. The highest BCUT2D eigenvalue weighted by Crippen LogP contribution is 2.23. The number of amides is 1. The summed E-state index contributed by atoms with van der Waals surface area (Å²) in [5.74, 6) is 2.68. The van der Waals surface area contributed by atoms with Crippen LogP contribution in [0.2, 0.25) is 0 Å². The summed E-state index contributed by atoms with van der Waals surface area (Å²) < 4.78 is 0. The maximum atomic E-state index is 11.5. The van der Waals surface area contributed by atoms with E-state index in [2.05, 4.69) is 28.2 Å². The van der Waals surface area contributed by atoms with Crippen molar-refractivity contribution in [3.63, 3.8) is 0 Å². The lowest BCUT2D eigenvalue weighted by atomic mass is 10.1. The Balaban J connectivity index is 2.10.